The van der Waals surface area contributed by atoms with Crippen molar-refractivity contribution in [3.8, 4) is 0 Å². The Labute approximate surface area is 171 Å². The van der Waals surface area contributed by atoms with Crippen LogP contribution < -0.4 is 21.5 Å². The van der Waals surface area contributed by atoms with Crippen LogP contribution in [0.4, 0.5) is 10.8 Å². The number of hydrogen-bond acceptors (Lipinski definition) is 6. The zero-order valence-electron chi connectivity index (χ0n) is 16.7. The SMILES string of the molecule is Cc1ccc(NC(=O)Cn2c(=O)n(C)c(=O)c3sc(N4CCCC4)nc32)c(C)c1. The Balaban J connectivity index is 1.71. The predicted octanol–water partition coefficient (Wildman–Crippen LogP) is 2.01. The molecule has 1 saturated heterocycles. The summed E-state index contributed by atoms with van der Waals surface area (Å²) in [5.74, 6) is -0.338. The predicted molar refractivity (Wildman–Crippen MR) is 115 cm³/mol. The third-order valence-electron chi connectivity index (χ3n) is 5.20. The monoisotopic (exact) mass is 413 g/mol. The Morgan fingerprint density at radius 1 is 1.21 bits per heavy atom. The molecule has 29 heavy (non-hydrogen) atoms. The lowest BCUT2D eigenvalue weighted by Crippen LogP contribution is -2.40. The molecule has 0 bridgehead atoms. The van der Waals surface area contributed by atoms with Crippen molar-refractivity contribution < 1.29 is 4.79 Å². The Morgan fingerprint density at radius 3 is 2.62 bits per heavy atom. The van der Waals surface area contributed by atoms with Crippen LogP contribution in [0.3, 0.4) is 0 Å². The van der Waals surface area contributed by atoms with Crippen molar-refractivity contribution in [1.82, 2.24) is 14.1 Å². The summed E-state index contributed by atoms with van der Waals surface area (Å²) in [4.78, 5) is 44.7. The summed E-state index contributed by atoms with van der Waals surface area (Å²) < 4.78 is 2.72. The van der Waals surface area contributed by atoms with E-state index in [1.807, 2.05) is 32.0 Å². The van der Waals surface area contributed by atoms with Crippen LogP contribution in [0.5, 0.6) is 0 Å². The van der Waals surface area contributed by atoms with Crippen molar-refractivity contribution in [1.29, 1.82) is 0 Å². The highest BCUT2D eigenvalue weighted by Gasteiger charge is 2.22. The van der Waals surface area contributed by atoms with Crippen molar-refractivity contribution in [2.45, 2.75) is 33.2 Å². The summed E-state index contributed by atoms with van der Waals surface area (Å²) in [7, 11) is 1.43. The maximum atomic E-state index is 12.7. The molecule has 1 aliphatic rings. The summed E-state index contributed by atoms with van der Waals surface area (Å²) >= 11 is 1.28. The molecule has 152 valence electrons. The first-order valence-corrected chi connectivity index (χ1v) is 10.4. The zero-order valence-corrected chi connectivity index (χ0v) is 17.5. The Hall–Kier alpha value is -2.94. The Kier molecular flexibility index (Phi) is 4.99. The van der Waals surface area contributed by atoms with Gasteiger partial charge in [-0.1, -0.05) is 29.0 Å². The number of fused-ring (bicyclic) bond motifs is 1. The lowest BCUT2D eigenvalue weighted by atomic mass is 10.1. The maximum absolute atomic E-state index is 12.7. The number of nitrogens with zero attached hydrogens (tertiary/aromatic N) is 4. The van der Waals surface area contributed by atoms with Gasteiger partial charge in [0, 0.05) is 25.8 Å². The van der Waals surface area contributed by atoms with Crippen LogP contribution in [0.2, 0.25) is 0 Å². The van der Waals surface area contributed by atoms with Gasteiger partial charge >= 0.3 is 5.69 Å². The van der Waals surface area contributed by atoms with E-state index in [4.69, 9.17) is 0 Å². The van der Waals surface area contributed by atoms with E-state index in [0.717, 1.165) is 46.8 Å². The fourth-order valence-electron chi connectivity index (χ4n) is 3.61. The van der Waals surface area contributed by atoms with E-state index in [2.05, 4.69) is 15.2 Å². The van der Waals surface area contributed by atoms with E-state index in [0.29, 0.717) is 10.4 Å². The molecule has 0 unspecified atom stereocenters. The normalized spacial score (nSPS) is 14.0. The standard InChI is InChI=1S/C20H23N5O3S/c1-12-6-7-14(13(2)10-12)21-15(26)11-25-17-16(18(27)23(3)20(25)28)29-19(22-17)24-8-4-5-9-24/h6-7,10H,4-5,8-9,11H2,1-3H3,(H,21,26). The molecule has 2 aromatic heterocycles. The number of anilines is 2. The molecule has 3 heterocycles. The van der Waals surface area contributed by atoms with Crippen molar-refractivity contribution >= 4 is 38.4 Å². The minimum absolute atomic E-state index is 0.208. The number of thiazole rings is 1. The molecule has 9 heteroatoms. The van der Waals surface area contributed by atoms with Crippen molar-refractivity contribution in [2.24, 2.45) is 7.05 Å². The van der Waals surface area contributed by atoms with E-state index in [-0.39, 0.29) is 23.7 Å². The van der Waals surface area contributed by atoms with E-state index in [1.165, 1.54) is 23.0 Å². The molecule has 0 spiro atoms. The van der Waals surface area contributed by atoms with E-state index >= 15 is 0 Å². The summed E-state index contributed by atoms with van der Waals surface area (Å²) in [6, 6.07) is 5.74. The molecule has 1 aromatic carbocycles. The zero-order chi connectivity index (χ0) is 20.7. The highest BCUT2D eigenvalue weighted by atomic mass is 32.1. The average molecular weight is 414 g/mol. The second kappa shape index (κ2) is 7.47. The molecular weight excluding hydrogens is 390 g/mol. The number of aryl methyl sites for hydroxylation is 2. The van der Waals surface area contributed by atoms with Gasteiger partial charge in [-0.05, 0) is 38.3 Å². The van der Waals surface area contributed by atoms with Crippen LogP contribution in [0.25, 0.3) is 10.3 Å². The Bertz CT molecular complexity index is 1220. The minimum Gasteiger partial charge on any atom is -0.348 e. The third-order valence-corrected chi connectivity index (χ3v) is 6.30. The maximum Gasteiger partial charge on any atom is 0.332 e. The first-order chi connectivity index (χ1) is 13.8. The lowest BCUT2D eigenvalue weighted by molar-refractivity contribution is -0.116. The topological polar surface area (TPSA) is 89.2 Å². The number of amides is 1. The van der Waals surface area contributed by atoms with Gasteiger partial charge in [0.1, 0.15) is 11.2 Å². The summed E-state index contributed by atoms with van der Waals surface area (Å²) in [6.07, 6.45) is 2.16. The summed E-state index contributed by atoms with van der Waals surface area (Å²) in [5.41, 5.74) is 2.11. The van der Waals surface area contributed by atoms with Gasteiger partial charge in [0.25, 0.3) is 5.56 Å². The molecule has 1 N–H and O–H groups in total. The molecule has 0 aliphatic carbocycles. The number of aromatic nitrogens is 3. The molecule has 1 fully saturated rings. The van der Waals surface area contributed by atoms with E-state index in [9.17, 15) is 14.4 Å². The molecular formula is C20H23N5O3S. The minimum atomic E-state index is -0.545. The molecule has 4 rings (SSSR count). The molecule has 3 aromatic rings. The van der Waals surface area contributed by atoms with Crippen LogP contribution in [0, 0.1) is 13.8 Å². The molecule has 1 aliphatic heterocycles. The molecule has 0 saturated carbocycles. The molecule has 8 nitrogen and oxygen atoms in total. The second-order valence-electron chi connectivity index (χ2n) is 7.44. The van der Waals surface area contributed by atoms with E-state index < -0.39 is 5.69 Å². The lowest BCUT2D eigenvalue weighted by Gasteiger charge is -2.12. The van der Waals surface area contributed by atoms with Gasteiger partial charge in [0.05, 0.1) is 0 Å². The van der Waals surface area contributed by atoms with Crippen LogP contribution in [-0.4, -0.2) is 33.1 Å². The highest BCUT2D eigenvalue weighted by molar-refractivity contribution is 7.22. The quantitative estimate of drug-likeness (QED) is 0.707. The molecule has 0 radical (unpaired) electrons. The molecule has 0 atom stereocenters. The third kappa shape index (κ3) is 3.57. The van der Waals surface area contributed by atoms with Gasteiger partial charge in [-0.15, -0.1) is 0 Å². The number of hydrogen-bond donors (Lipinski definition) is 1. The fourth-order valence-corrected chi connectivity index (χ4v) is 4.71. The van der Waals surface area contributed by atoms with Crippen LogP contribution in [0.15, 0.2) is 27.8 Å². The van der Waals surface area contributed by atoms with Crippen molar-refractivity contribution in [3.05, 3.63) is 50.2 Å². The number of carbonyl (C=O) groups is 1. The van der Waals surface area contributed by atoms with Gasteiger partial charge in [-0.25, -0.2) is 9.78 Å². The van der Waals surface area contributed by atoms with Crippen LogP contribution in [-0.2, 0) is 18.4 Å². The van der Waals surface area contributed by atoms with Crippen molar-refractivity contribution in [2.75, 3.05) is 23.3 Å². The first kappa shape index (κ1) is 19.4. The summed E-state index contributed by atoms with van der Waals surface area (Å²) in [5, 5.41) is 3.58. The first-order valence-electron chi connectivity index (χ1n) is 9.57. The fraction of sp³-hybridized carbons (Fsp3) is 0.400. The van der Waals surface area contributed by atoms with Crippen molar-refractivity contribution in [3.63, 3.8) is 0 Å². The smallest absolute Gasteiger partial charge is 0.332 e. The van der Waals surface area contributed by atoms with Gasteiger partial charge < -0.3 is 10.2 Å². The van der Waals surface area contributed by atoms with Gasteiger partial charge in [0.2, 0.25) is 5.91 Å². The number of rotatable bonds is 4. The highest BCUT2D eigenvalue weighted by Crippen LogP contribution is 2.28. The summed E-state index contributed by atoms with van der Waals surface area (Å²) in [6.45, 7) is 5.47. The molecule has 1 amide bonds. The van der Waals surface area contributed by atoms with Crippen LogP contribution in [0.1, 0.15) is 24.0 Å². The Morgan fingerprint density at radius 2 is 1.93 bits per heavy atom. The average Bonchev–Trinajstić information content (AvgIpc) is 3.35. The largest absolute Gasteiger partial charge is 0.348 e. The van der Waals surface area contributed by atoms with E-state index in [1.54, 1.807) is 0 Å². The van der Waals surface area contributed by atoms with Crippen LogP contribution >= 0.6 is 11.3 Å². The van der Waals surface area contributed by atoms with Gasteiger partial charge in [-0.2, -0.15) is 0 Å². The second-order valence-corrected chi connectivity index (χ2v) is 8.42. The number of nitrogens with one attached hydrogen (secondary N) is 1. The number of carbonyl (C=O) groups excluding carboxylic acids is 1. The van der Waals surface area contributed by atoms with Gasteiger partial charge in [0.15, 0.2) is 10.8 Å². The number of benzene rings is 1. The van der Waals surface area contributed by atoms with Gasteiger partial charge in [-0.3, -0.25) is 18.7 Å².